The highest BCUT2D eigenvalue weighted by atomic mass is 16.3. The molecule has 0 aromatic heterocycles. The van der Waals surface area contributed by atoms with E-state index in [2.05, 4.69) is 5.32 Å². The molecule has 2 rings (SSSR count). The molecule has 1 aliphatic carbocycles. The lowest BCUT2D eigenvalue weighted by molar-refractivity contribution is 0.00464. The molecule has 0 aliphatic heterocycles. The minimum absolute atomic E-state index is 0.323. The zero-order chi connectivity index (χ0) is 13.0. The fourth-order valence-corrected chi connectivity index (χ4v) is 2.67. The average Bonchev–Trinajstić information content (AvgIpc) is 2.34. The van der Waals surface area contributed by atoms with E-state index < -0.39 is 5.60 Å². The molecule has 0 spiro atoms. The summed E-state index contributed by atoms with van der Waals surface area (Å²) in [6, 6.07) is 5.60. The standard InChI is InChI=1S/C15H23NO2/c1-12-5-6-14(17)13(9-12)10-16-11-15(18)7-3-2-4-8-15/h5-6,9,16-18H,2-4,7-8,10-11H2,1H3. The van der Waals surface area contributed by atoms with Gasteiger partial charge in [-0.05, 0) is 25.8 Å². The first-order valence-electron chi connectivity index (χ1n) is 6.81. The molecular weight excluding hydrogens is 226 g/mol. The zero-order valence-corrected chi connectivity index (χ0v) is 11.1. The summed E-state index contributed by atoms with van der Waals surface area (Å²) in [5, 5.41) is 23.4. The van der Waals surface area contributed by atoms with Gasteiger partial charge in [0.15, 0.2) is 0 Å². The quantitative estimate of drug-likeness (QED) is 0.768. The molecule has 0 bridgehead atoms. The second kappa shape index (κ2) is 5.72. The van der Waals surface area contributed by atoms with Crippen LogP contribution in [0.5, 0.6) is 5.75 Å². The topological polar surface area (TPSA) is 52.5 Å². The molecule has 0 saturated heterocycles. The minimum Gasteiger partial charge on any atom is -0.508 e. The van der Waals surface area contributed by atoms with Crippen molar-refractivity contribution in [3.05, 3.63) is 29.3 Å². The van der Waals surface area contributed by atoms with Gasteiger partial charge in [0.1, 0.15) is 5.75 Å². The molecule has 0 heterocycles. The van der Waals surface area contributed by atoms with Gasteiger partial charge < -0.3 is 15.5 Å². The number of aryl methyl sites for hydroxylation is 1. The Morgan fingerprint density at radius 1 is 1.22 bits per heavy atom. The van der Waals surface area contributed by atoms with E-state index in [1.807, 2.05) is 19.1 Å². The lowest BCUT2D eigenvalue weighted by Crippen LogP contribution is -2.41. The predicted octanol–water partition coefficient (Wildman–Crippen LogP) is 2.49. The van der Waals surface area contributed by atoms with Gasteiger partial charge >= 0.3 is 0 Å². The van der Waals surface area contributed by atoms with Crippen LogP contribution in [0.4, 0.5) is 0 Å². The molecule has 0 radical (unpaired) electrons. The van der Waals surface area contributed by atoms with Crippen LogP contribution in [0.25, 0.3) is 0 Å². The van der Waals surface area contributed by atoms with Gasteiger partial charge in [0.05, 0.1) is 5.60 Å². The predicted molar refractivity (Wildman–Crippen MR) is 72.6 cm³/mol. The molecule has 3 nitrogen and oxygen atoms in total. The first kappa shape index (κ1) is 13.4. The molecule has 0 unspecified atom stereocenters. The van der Waals surface area contributed by atoms with Crippen LogP contribution in [-0.2, 0) is 6.54 Å². The van der Waals surface area contributed by atoms with E-state index in [4.69, 9.17) is 0 Å². The first-order valence-corrected chi connectivity index (χ1v) is 6.81. The Morgan fingerprint density at radius 2 is 1.94 bits per heavy atom. The van der Waals surface area contributed by atoms with Crippen molar-refractivity contribution >= 4 is 0 Å². The van der Waals surface area contributed by atoms with Crippen molar-refractivity contribution < 1.29 is 10.2 Å². The molecule has 1 aliphatic rings. The Bertz CT molecular complexity index is 397. The smallest absolute Gasteiger partial charge is 0.120 e. The summed E-state index contributed by atoms with van der Waals surface area (Å²) in [5.41, 5.74) is 1.49. The minimum atomic E-state index is -0.544. The third-order valence-electron chi connectivity index (χ3n) is 3.79. The van der Waals surface area contributed by atoms with Crippen LogP contribution in [0.15, 0.2) is 18.2 Å². The van der Waals surface area contributed by atoms with Crippen LogP contribution in [0.3, 0.4) is 0 Å². The Morgan fingerprint density at radius 3 is 2.67 bits per heavy atom. The van der Waals surface area contributed by atoms with E-state index in [0.29, 0.717) is 18.8 Å². The maximum atomic E-state index is 10.3. The zero-order valence-electron chi connectivity index (χ0n) is 11.1. The van der Waals surface area contributed by atoms with E-state index >= 15 is 0 Å². The average molecular weight is 249 g/mol. The van der Waals surface area contributed by atoms with Crippen molar-refractivity contribution in [3.8, 4) is 5.75 Å². The molecule has 1 saturated carbocycles. The highest BCUT2D eigenvalue weighted by molar-refractivity contribution is 5.35. The van der Waals surface area contributed by atoms with Crippen molar-refractivity contribution in [1.29, 1.82) is 0 Å². The van der Waals surface area contributed by atoms with Crippen LogP contribution in [0.1, 0.15) is 43.2 Å². The highest BCUT2D eigenvalue weighted by Crippen LogP contribution is 2.27. The molecular formula is C15H23NO2. The van der Waals surface area contributed by atoms with Crippen LogP contribution in [0, 0.1) is 6.92 Å². The maximum absolute atomic E-state index is 10.3. The molecule has 1 fully saturated rings. The number of nitrogens with one attached hydrogen (secondary N) is 1. The van der Waals surface area contributed by atoms with Gasteiger partial charge in [0.2, 0.25) is 0 Å². The first-order chi connectivity index (χ1) is 8.59. The molecule has 1 aromatic rings. The SMILES string of the molecule is Cc1ccc(O)c(CNCC2(O)CCCCC2)c1. The highest BCUT2D eigenvalue weighted by Gasteiger charge is 2.28. The summed E-state index contributed by atoms with van der Waals surface area (Å²) in [7, 11) is 0. The molecule has 18 heavy (non-hydrogen) atoms. The van der Waals surface area contributed by atoms with E-state index in [1.165, 1.54) is 6.42 Å². The summed E-state index contributed by atoms with van der Waals surface area (Å²) in [4.78, 5) is 0. The molecule has 1 aromatic carbocycles. The fraction of sp³-hybridized carbons (Fsp3) is 0.600. The van der Waals surface area contributed by atoms with Crippen LogP contribution < -0.4 is 5.32 Å². The monoisotopic (exact) mass is 249 g/mol. The summed E-state index contributed by atoms with van der Waals surface area (Å²) >= 11 is 0. The molecule has 3 heteroatoms. The van der Waals surface area contributed by atoms with Gasteiger partial charge in [-0.2, -0.15) is 0 Å². The van der Waals surface area contributed by atoms with Gasteiger partial charge in [-0.1, -0.05) is 37.0 Å². The Kier molecular flexibility index (Phi) is 4.25. The van der Waals surface area contributed by atoms with E-state index in [9.17, 15) is 10.2 Å². The number of aliphatic hydroxyl groups is 1. The molecule has 0 amide bonds. The maximum Gasteiger partial charge on any atom is 0.120 e. The number of phenolic OH excluding ortho intramolecular Hbond substituents is 1. The third kappa shape index (κ3) is 3.47. The summed E-state index contributed by atoms with van der Waals surface area (Å²) in [6.07, 6.45) is 5.25. The second-order valence-corrected chi connectivity index (χ2v) is 5.52. The van der Waals surface area contributed by atoms with Crippen molar-refractivity contribution in [2.75, 3.05) is 6.54 Å². The van der Waals surface area contributed by atoms with Gasteiger partial charge in [-0.3, -0.25) is 0 Å². The molecule has 3 N–H and O–H groups in total. The Balaban J connectivity index is 1.86. The van der Waals surface area contributed by atoms with Crippen LogP contribution in [-0.4, -0.2) is 22.4 Å². The van der Waals surface area contributed by atoms with Gasteiger partial charge in [-0.25, -0.2) is 0 Å². The number of rotatable bonds is 4. The van der Waals surface area contributed by atoms with E-state index in [0.717, 1.165) is 36.8 Å². The number of aromatic hydroxyl groups is 1. The van der Waals surface area contributed by atoms with Gasteiger partial charge in [0.25, 0.3) is 0 Å². The lowest BCUT2D eigenvalue weighted by atomic mass is 9.85. The van der Waals surface area contributed by atoms with Crippen LogP contribution in [0.2, 0.25) is 0 Å². The summed E-state index contributed by atoms with van der Waals surface area (Å²) < 4.78 is 0. The Labute approximate surface area is 109 Å². The van der Waals surface area contributed by atoms with Crippen molar-refractivity contribution in [2.45, 2.75) is 51.2 Å². The molecule has 100 valence electrons. The third-order valence-corrected chi connectivity index (χ3v) is 3.79. The van der Waals surface area contributed by atoms with Crippen molar-refractivity contribution in [1.82, 2.24) is 5.32 Å². The van der Waals surface area contributed by atoms with Gasteiger partial charge in [0, 0.05) is 18.7 Å². The molecule has 0 atom stereocenters. The second-order valence-electron chi connectivity index (χ2n) is 5.52. The van der Waals surface area contributed by atoms with Crippen molar-refractivity contribution in [3.63, 3.8) is 0 Å². The number of benzene rings is 1. The van der Waals surface area contributed by atoms with Crippen molar-refractivity contribution in [2.24, 2.45) is 0 Å². The number of hydrogen-bond donors (Lipinski definition) is 3. The number of hydrogen-bond acceptors (Lipinski definition) is 3. The Hall–Kier alpha value is -1.06. The summed E-state index contributed by atoms with van der Waals surface area (Å²) in [6.45, 7) is 3.23. The van der Waals surface area contributed by atoms with E-state index in [-0.39, 0.29) is 0 Å². The lowest BCUT2D eigenvalue weighted by Gasteiger charge is -2.32. The number of phenols is 1. The normalized spacial score (nSPS) is 18.8. The van der Waals surface area contributed by atoms with Gasteiger partial charge in [-0.15, -0.1) is 0 Å². The summed E-state index contributed by atoms with van der Waals surface area (Å²) in [5.74, 6) is 0.323. The largest absolute Gasteiger partial charge is 0.508 e. The van der Waals surface area contributed by atoms with E-state index in [1.54, 1.807) is 6.07 Å². The fourth-order valence-electron chi connectivity index (χ4n) is 2.67. The van der Waals surface area contributed by atoms with Crippen LogP contribution >= 0.6 is 0 Å².